The topological polar surface area (TPSA) is 0 Å². The van der Waals surface area contributed by atoms with Gasteiger partial charge < -0.3 is 0 Å². The Hall–Kier alpha value is -1.08. The van der Waals surface area contributed by atoms with Crippen molar-refractivity contribution in [3.63, 3.8) is 0 Å². The van der Waals surface area contributed by atoms with Gasteiger partial charge in [0.15, 0.2) is 0 Å². The molecule has 0 bridgehead atoms. The molecule has 65 valence electrons. The largest absolute Gasteiger partial charge is 0.143 e. The van der Waals surface area contributed by atoms with Crippen molar-refractivity contribution < 1.29 is 0 Å². The molecular formula is C12H11S. The first kappa shape index (κ1) is 8.52. The van der Waals surface area contributed by atoms with Gasteiger partial charge in [0.05, 0.1) is 0 Å². The summed E-state index contributed by atoms with van der Waals surface area (Å²) in [6.07, 6.45) is 0. The van der Waals surface area contributed by atoms with Crippen molar-refractivity contribution in [2.45, 2.75) is 13.8 Å². The highest BCUT2D eigenvalue weighted by Crippen LogP contribution is 2.28. The summed E-state index contributed by atoms with van der Waals surface area (Å²) < 4.78 is 0. The van der Waals surface area contributed by atoms with Crippen molar-refractivity contribution in [3.05, 3.63) is 46.8 Å². The second-order valence-electron chi connectivity index (χ2n) is 3.16. The Morgan fingerprint density at radius 3 is 2.77 bits per heavy atom. The summed E-state index contributed by atoms with van der Waals surface area (Å²) in [5.41, 5.74) is 4.07. The minimum absolute atomic E-state index is 1.31. The normalized spacial score (nSPS) is 10.3. The van der Waals surface area contributed by atoms with Crippen LogP contribution in [0.1, 0.15) is 11.1 Å². The maximum atomic E-state index is 3.09. The number of hydrogen-bond donors (Lipinski definition) is 0. The van der Waals surface area contributed by atoms with E-state index in [0.29, 0.717) is 0 Å². The third-order valence-corrected chi connectivity index (χ3v) is 3.18. The van der Waals surface area contributed by atoms with E-state index in [-0.39, 0.29) is 0 Å². The number of benzene rings is 1. The Morgan fingerprint density at radius 1 is 1.23 bits per heavy atom. The van der Waals surface area contributed by atoms with Crippen LogP contribution in [0.4, 0.5) is 0 Å². The van der Waals surface area contributed by atoms with Crippen LogP contribution in [-0.4, -0.2) is 0 Å². The van der Waals surface area contributed by atoms with Crippen molar-refractivity contribution in [3.8, 4) is 10.4 Å². The van der Waals surface area contributed by atoms with E-state index in [1.54, 1.807) is 11.3 Å². The minimum atomic E-state index is 1.31. The summed E-state index contributed by atoms with van der Waals surface area (Å²) >= 11 is 1.74. The average Bonchev–Trinajstić information content (AvgIpc) is 2.62. The van der Waals surface area contributed by atoms with Crippen LogP contribution in [0.3, 0.4) is 0 Å². The quantitative estimate of drug-likeness (QED) is 0.636. The monoisotopic (exact) mass is 187 g/mol. The maximum absolute atomic E-state index is 3.09. The molecule has 0 fully saturated rings. The van der Waals surface area contributed by atoms with Gasteiger partial charge >= 0.3 is 0 Å². The van der Waals surface area contributed by atoms with Crippen LogP contribution in [0.5, 0.6) is 0 Å². The second kappa shape index (κ2) is 3.35. The van der Waals surface area contributed by atoms with Crippen molar-refractivity contribution >= 4 is 11.3 Å². The molecule has 2 rings (SSSR count). The molecule has 0 spiro atoms. The van der Waals surface area contributed by atoms with Crippen molar-refractivity contribution in [1.82, 2.24) is 0 Å². The fourth-order valence-corrected chi connectivity index (χ4v) is 2.15. The highest BCUT2D eigenvalue weighted by molar-refractivity contribution is 7.13. The molecule has 1 heterocycles. The Morgan fingerprint density at radius 2 is 2.08 bits per heavy atom. The molecule has 0 amide bonds. The van der Waals surface area contributed by atoms with E-state index in [4.69, 9.17) is 0 Å². The van der Waals surface area contributed by atoms with E-state index in [0.717, 1.165) is 0 Å². The molecule has 1 heteroatoms. The first-order chi connectivity index (χ1) is 6.29. The van der Waals surface area contributed by atoms with Gasteiger partial charge in [-0.05, 0) is 48.1 Å². The van der Waals surface area contributed by atoms with Crippen LogP contribution in [0.25, 0.3) is 10.4 Å². The third kappa shape index (κ3) is 1.52. The molecule has 0 aliphatic heterocycles. The lowest BCUT2D eigenvalue weighted by Crippen LogP contribution is -1.83. The highest BCUT2D eigenvalue weighted by atomic mass is 32.1. The lowest BCUT2D eigenvalue weighted by atomic mass is 10.0. The van der Waals surface area contributed by atoms with Crippen molar-refractivity contribution in [2.75, 3.05) is 0 Å². The maximum Gasteiger partial charge on any atom is 0.0351 e. The SMILES string of the molecule is Cc1cccc(-c2c[c]cs2)c1C. The summed E-state index contributed by atoms with van der Waals surface area (Å²) in [7, 11) is 0. The van der Waals surface area contributed by atoms with E-state index in [1.165, 1.54) is 21.6 Å². The first-order valence-corrected chi connectivity index (χ1v) is 5.18. The zero-order valence-electron chi connectivity index (χ0n) is 7.79. The van der Waals surface area contributed by atoms with E-state index in [2.05, 4.69) is 38.1 Å². The van der Waals surface area contributed by atoms with Gasteiger partial charge in [-0.25, -0.2) is 0 Å². The molecule has 0 nitrogen and oxygen atoms in total. The molecule has 2 aromatic rings. The van der Waals surface area contributed by atoms with Gasteiger partial charge in [-0.1, -0.05) is 18.2 Å². The summed E-state index contributed by atoms with van der Waals surface area (Å²) in [4.78, 5) is 1.31. The molecule has 0 aliphatic carbocycles. The van der Waals surface area contributed by atoms with Crippen LogP contribution < -0.4 is 0 Å². The molecule has 0 saturated heterocycles. The van der Waals surface area contributed by atoms with Crippen LogP contribution in [-0.2, 0) is 0 Å². The fourth-order valence-electron chi connectivity index (χ4n) is 1.40. The van der Waals surface area contributed by atoms with E-state index < -0.39 is 0 Å². The average molecular weight is 187 g/mol. The molecule has 0 saturated carbocycles. The predicted molar refractivity (Wildman–Crippen MR) is 58.1 cm³/mol. The molecule has 1 aromatic carbocycles. The van der Waals surface area contributed by atoms with Crippen molar-refractivity contribution in [1.29, 1.82) is 0 Å². The van der Waals surface area contributed by atoms with Gasteiger partial charge in [-0.2, -0.15) is 0 Å². The van der Waals surface area contributed by atoms with E-state index in [9.17, 15) is 0 Å². The Kier molecular flexibility index (Phi) is 2.19. The van der Waals surface area contributed by atoms with E-state index >= 15 is 0 Å². The molecule has 0 atom stereocenters. The van der Waals surface area contributed by atoms with Gasteiger partial charge in [0.2, 0.25) is 0 Å². The predicted octanol–water partition coefficient (Wildman–Crippen LogP) is 3.83. The van der Waals surface area contributed by atoms with E-state index in [1.807, 2.05) is 11.4 Å². The molecule has 1 aromatic heterocycles. The standard InChI is InChI=1S/C12H11S/c1-9-5-3-6-11(10(9)2)12-7-4-8-13-12/h3,5-8H,1-2H3. The zero-order valence-corrected chi connectivity index (χ0v) is 8.61. The van der Waals surface area contributed by atoms with Crippen LogP contribution in [0.2, 0.25) is 0 Å². The summed E-state index contributed by atoms with van der Waals surface area (Å²) in [6.45, 7) is 4.32. The minimum Gasteiger partial charge on any atom is -0.143 e. The zero-order chi connectivity index (χ0) is 9.26. The first-order valence-electron chi connectivity index (χ1n) is 4.30. The molecule has 1 radical (unpaired) electrons. The second-order valence-corrected chi connectivity index (χ2v) is 4.07. The lowest BCUT2D eigenvalue weighted by Gasteiger charge is -2.05. The smallest absolute Gasteiger partial charge is 0.0351 e. The number of aryl methyl sites for hydroxylation is 1. The Labute approximate surface area is 82.9 Å². The van der Waals surface area contributed by atoms with Gasteiger partial charge in [0.25, 0.3) is 0 Å². The molecule has 0 aliphatic rings. The summed E-state index contributed by atoms with van der Waals surface area (Å²) in [5, 5.41) is 2.00. The number of thiophene rings is 1. The van der Waals surface area contributed by atoms with Crippen LogP contribution >= 0.6 is 11.3 Å². The fraction of sp³-hybridized carbons (Fsp3) is 0.167. The Balaban J connectivity index is 2.59. The number of hydrogen-bond acceptors (Lipinski definition) is 1. The summed E-state index contributed by atoms with van der Waals surface area (Å²) in [5.74, 6) is 0. The molecular weight excluding hydrogens is 176 g/mol. The lowest BCUT2D eigenvalue weighted by molar-refractivity contribution is 1.35. The van der Waals surface area contributed by atoms with Crippen molar-refractivity contribution in [2.24, 2.45) is 0 Å². The van der Waals surface area contributed by atoms with Gasteiger partial charge in [-0.3, -0.25) is 0 Å². The van der Waals surface area contributed by atoms with Gasteiger partial charge in [0, 0.05) is 4.88 Å². The van der Waals surface area contributed by atoms with Gasteiger partial charge in [0.1, 0.15) is 0 Å². The summed E-state index contributed by atoms with van der Waals surface area (Å²) in [6, 6.07) is 11.6. The van der Waals surface area contributed by atoms with Gasteiger partial charge in [-0.15, -0.1) is 11.3 Å². The molecule has 0 N–H and O–H groups in total. The highest BCUT2D eigenvalue weighted by Gasteiger charge is 2.03. The van der Waals surface area contributed by atoms with Crippen LogP contribution in [0.15, 0.2) is 29.6 Å². The Bertz CT molecular complexity index is 399. The number of rotatable bonds is 1. The van der Waals surface area contributed by atoms with Crippen LogP contribution in [0, 0.1) is 19.9 Å². The third-order valence-electron chi connectivity index (χ3n) is 2.34. The molecule has 13 heavy (non-hydrogen) atoms. The molecule has 0 unspecified atom stereocenters.